The first-order valence-electron chi connectivity index (χ1n) is 11.7. The fourth-order valence-electron chi connectivity index (χ4n) is 4.16. The summed E-state index contributed by atoms with van der Waals surface area (Å²) in [5.74, 6) is 1.10. The van der Waals surface area contributed by atoms with Crippen LogP contribution in [0.1, 0.15) is 30.4 Å². The number of aryl methyl sites for hydroxylation is 1. The first kappa shape index (κ1) is 22.9. The molecular weight excluding hydrogens is 412 g/mol. The molecule has 1 fully saturated rings. The highest BCUT2D eigenvalue weighted by Gasteiger charge is 2.17. The highest BCUT2D eigenvalue weighted by atomic mass is 16.5. The van der Waals surface area contributed by atoms with Crippen LogP contribution in [-0.4, -0.2) is 42.2 Å². The molecule has 3 aromatic rings. The van der Waals surface area contributed by atoms with Crippen molar-refractivity contribution in [3.8, 4) is 11.5 Å². The zero-order valence-corrected chi connectivity index (χ0v) is 19.0. The number of carbonyl (C=O) groups excluding carboxylic acids is 1. The van der Waals surface area contributed by atoms with Crippen LogP contribution in [0, 0.1) is 0 Å². The second-order valence-electron chi connectivity index (χ2n) is 8.52. The third kappa shape index (κ3) is 6.83. The van der Waals surface area contributed by atoms with Gasteiger partial charge in [-0.15, -0.1) is 0 Å². The van der Waals surface area contributed by atoms with Crippen molar-refractivity contribution >= 4 is 11.6 Å². The first-order valence-corrected chi connectivity index (χ1v) is 11.7. The van der Waals surface area contributed by atoms with Gasteiger partial charge in [0.25, 0.3) is 0 Å². The standard InChI is InChI=1S/C28H32N2O3/c31-26-13-8-24(9-14-26)22-30(28(32)17-10-23-6-2-1-3-7-23)25-11-15-27(16-12-25)33-21-20-29-18-4-5-19-29/h1-3,6-9,11-16,31H,4-5,10,17-22H2. The minimum atomic E-state index is 0.0645. The largest absolute Gasteiger partial charge is 0.508 e. The quantitative estimate of drug-likeness (QED) is 0.476. The molecule has 1 saturated heterocycles. The molecular formula is C28H32N2O3. The van der Waals surface area contributed by atoms with Crippen LogP contribution < -0.4 is 9.64 Å². The van der Waals surface area contributed by atoms with E-state index in [1.807, 2.05) is 71.6 Å². The molecule has 1 aliphatic rings. The van der Waals surface area contributed by atoms with E-state index in [0.29, 0.717) is 26.0 Å². The molecule has 1 amide bonds. The number of rotatable bonds is 10. The van der Waals surface area contributed by atoms with Crippen molar-refractivity contribution in [2.75, 3.05) is 31.1 Å². The fraction of sp³-hybridized carbons (Fsp3) is 0.321. The third-order valence-electron chi connectivity index (χ3n) is 6.07. The van der Waals surface area contributed by atoms with Crippen LogP contribution in [0.15, 0.2) is 78.9 Å². The first-order chi connectivity index (χ1) is 16.2. The molecule has 0 saturated carbocycles. The van der Waals surface area contributed by atoms with E-state index in [-0.39, 0.29) is 11.7 Å². The van der Waals surface area contributed by atoms with Crippen LogP contribution in [0.3, 0.4) is 0 Å². The van der Waals surface area contributed by atoms with Gasteiger partial charge in [-0.1, -0.05) is 42.5 Å². The predicted molar refractivity (Wildman–Crippen MR) is 132 cm³/mol. The van der Waals surface area contributed by atoms with Gasteiger partial charge >= 0.3 is 0 Å². The molecule has 3 aromatic carbocycles. The summed E-state index contributed by atoms with van der Waals surface area (Å²) in [4.78, 5) is 17.5. The Morgan fingerprint density at radius 1 is 0.879 bits per heavy atom. The van der Waals surface area contributed by atoms with Crippen LogP contribution in [0.5, 0.6) is 11.5 Å². The number of hydrogen-bond acceptors (Lipinski definition) is 4. The summed E-state index contributed by atoms with van der Waals surface area (Å²) in [5.41, 5.74) is 2.96. The number of amides is 1. The number of hydrogen-bond donors (Lipinski definition) is 1. The Hall–Kier alpha value is -3.31. The Labute approximate surface area is 196 Å². The maximum Gasteiger partial charge on any atom is 0.227 e. The topological polar surface area (TPSA) is 53.0 Å². The lowest BCUT2D eigenvalue weighted by atomic mass is 10.1. The van der Waals surface area contributed by atoms with E-state index in [4.69, 9.17) is 4.74 Å². The van der Waals surface area contributed by atoms with Crippen LogP contribution >= 0.6 is 0 Å². The van der Waals surface area contributed by atoms with Gasteiger partial charge in [0.15, 0.2) is 0 Å². The molecule has 33 heavy (non-hydrogen) atoms. The van der Waals surface area contributed by atoms with Crippen LogP contribution in [0.4, 0.5) is 5.69 Å². The Morgan fingerprint density at radius 2 is 1.58 bits per heavy atom. The van der Waals surface area contributed by atoms with E-state index in [9.17, 15) is 9.90 Å². The molecule has 172 valence electrons. The molecule has 0 aromatic heterocycles. The summed E-state index contributed by atoms with van der Waals surface area (Å²) >= 11 is 0. The van der Waals surface area contributed by atoms with E-state index in [2.05, 4.69) is 4.90 Å². The Kier molecular flexibility index (Phi) is 7.99. The summed E-state index contributed by atoms with van der Waals surface area (Å²) in [6.07, 6.45) is 3.69. The van der Waals surface area contributed by atoms with E-state index >= 15 is 0 Å². The molecule has 1 heterocycles. The van der Waals surface area contributed by atoms with Gasteiger partial charge in [-0.05, 0) is 79.9 Å². The summed E-state index contributed by atoms with van der Waals surface area (Å²) in [6, 6.07) is 24.9. The summed E-state index contributed by atoms with van der Waals surface area (Å²) in [7, 11) is 0. The predicted octanol–water partition coefficient (Wildman–Crippen LogP) is 5.03. The molecule has 0 atom stereocenters. The smallest absolute Gasteiger partial charge is 0.227 e. The van der Waals surface area contributed by atoms with Gasteiger partial charge in [0, 0.05) is 18.7 Å². The van der Waals surface area contributed by atoms with Crippen LogP contribution in [0.25, 0.3) is 0 Å². The van der Waals surface area contributed by atoms with Gasteiger partial charge in [-0.3, -0.25) is 9.69 Å². The van der Waals surface area contributed by atoms with Crippen LogP contribution in [0.2, 0.25) is 0 Å². The summed E-state index contributed by atoms with van der Waals surface area (Å²) in [6.45, 7) is 4.40. The SMILES string of the molecule is O=C(CCc1ccccc1)N(Cc1ccc(O)cc1)c1ccc(OCCN2CCCC2)cc1. The number of carbonyl (C=O) groups is 1. The van der Waals surface area contributed by atoms with Crippen molar-refractivity contribution in [3.05, 3.63) is 90.0 Å². The van der Waals surface area contributed by atoms with Crippen molar-refractivity contribution < 1.29 is 14.6 Å². The van der Waals surface area contributed by atoms with Crippen molar-refractivity contribution in [2.45, 2.75) is 32.2 Å². The lowest BCUT2D eigenvalue weighted by Gasteiger charge is -2.24. The Morgan fingerprint density at radius 3 is 2.27 bits per heavy atom. The Balaban J connectivity index is 1.42. The third-order valence-corrected chi connectivity index (χ3v) is 6.07. The zero-order valence-electron chi connectivity index (χ0n) is 19.0. The number of nitrogens with zero attached hydrogens (tertiary/aromatic N) is 2. The summed E-state index contributed by atoms with van der Waals surface area (Å²) < 4.78 is 5.93. The molecule has 0 radical (unpaired) electrons. The lowest BCUT2D eigenvalue weighted by molar-refractivity contribution is -0.118. The maximum atomic E-state index is 13.2. The number of ether oxygens (including phenoxy) is 1. The highest BCUT2D eigenvalue weighted by molar-refractivity contribution is 5.93. The van der Waals surface area contributed by atoms with E-state index in [1.165, 1.54) is 25.9 Å². The maximum absolute atomic E-state index is 13.2. The molecule has 5 heteroatoms. The summed E-state index contributed by atoms with van der Waals surface area (Å²) in [5, 5.41) is 9.60. The van der Waals surface area contributed by atoms with Gasteiger partial charge in [-0.25, -0.2) is 0 Å². The monoisotopic (exact) mass is 444 g/mol. The van der Waals surface area contributed by atoms with Crippen molar-refractivity contribution in [1.29, 1.82) is 0 Å². The van der Waals surface area contributed by atoms with Gasteiger partial charge < -0.3 is 14.7 Å². The average molecular weight is 445 g/mol. The molecule has 0 unspecified atom stereocenters. The van der Waals surface area contributed by atoms with Crippen molar-refractivity contribution in [2.24, 2.45) is 0 Å². The number of benzene rings is 3. The average Bonchev–Trinajstić information content (AvgIpc) is 3.37. The Bertz CT molecular complexity index is 998. The number of phenolic OH excluding ortho intramolecular Hbond substituents is 1. The van der Waals surface area contributed by atoms with Crippen molar-refractivity contribution in [1.82, 2.24) is 4.90 Å². The molecule has 0 spiro atoms. The number of likely N-dealkylation sites (tertiary alicyclic amines) is 1. The molecule has 5 nitrogen and oxygen atoms in total. The van der Waals surface area contributed by atoms with Crippen LogP contribution in [-0.2, 0) is 17.8 Å². The van der Waals surface area contributed by atoms with Gasteiger partial charge in [0.2, 0.25) is 5.91 Å². The normalized spacial score (nSPS) is 13.7. The molecule has 4 rings (SSSR count). The number of aromatic hydroxyl groups is 1. The second kappa shape index (κ2) is 11.5. The van der Waals surface area contributed by atoms with Crippen molar-refractivity contribution in [3.63, 3.8) is 0 Å². The lowest BCUT2D eigenvalue weighted by Crippen LogP contribution is -2.30. The zero-order chi connectivity index (χ0) is 22.9. The highest BCUT2D eigenvalue weighted by Crippen LogP contribution is 2.24. The van der Waals surface area contributed by atoms with Gasteiger partial charge in [-0.2, -0.15) is 0 Å². The minimum Gasteiger partial charge on any atom is -0.508 e. The molecule has 1 aliphatic heterocycles. The molecule has 0 bridgehead atoms. The number of phenols is 1. The molecule has 0 aliphatic carbocycles. The second-order valence-corrected chi connectivity index (χ2v) is 8.52. The fourth-order valence-corrected chi connectivity index (χ4v) is 4.16. The van der Waals surface area contributed by atoms with E-state index in [1.54, 1.807) is 12.1 Å². The van der Waals surface area contributed by atoms with E-state index < -0.39 is 0 Å². The van der Waals surface area contributed by atoms with Gasteiger partial charge in [0.1, 0.15) is 18.1 Å². The van der Waals surface area contributed by atoms with Gasteiger partial charge in [0.05, 0.1) is 6.54 Å². The molecule has 1 N–H and O–H groups in total. The minimum absolute atomic E-state index is 0.0645. The van der Waals surface area contributed by atoms with E-state index in [0.717, 1.165) is 29.1 Å². The number of anilines is 1.